The van der Waals surface area contributed by atoms with Gasteiger partial charge in [0.05, 0.1) is 0 Å². The number of amides is 1. The highest BCUT2D eigenvalue weighted by molar-refractivity contribution is 8.00. The van der Waals surface area contributed by atoms with E-state index in [9.17, 15) is 4.79 Å². The molecule has 3 rings (SSSR count). The molecule has 0 aromatic heterocycles. The van der Waals surface area contributed by atoms with E-state index < -0.39 is 0 Å². The van der Waals surface area contributed by atoms with Crippen LogP contribution >= 0.6 is 11.8 Å². The molecule has 1 unspecified atom stereocenters. The quantitative estimate of drug-likeness (QED) is 0.879. The molecule has 0 spiro atoms. The lowest BCUT2D eigenvalue weighted by Gasteiger charge is -2.30. The fraction of sp³-hybridized carbons (Fsp3) is 0.350. The van der Waals surface area contributed by atoms with E-state index in [-0.39, 0.29) is 11.2 Å². The van der Waals surface area contributed by atoms with Crippen molar-refractivity contribution < 1.29 is 4.79 Å². The lowest BCUT2D eigenvalue weighted by atomic mass is 10.0. The number of carbonyl (C=O) groups excluding carboxylic acids is 1. The Bertz CT molecular complexity index is 674. The first-order valence-corrected chi connectivity index (χ1v) is 9.56. The van der Waals surface area contributed by atoms with E-state index >= 15 is 0 Å². The average molecular weight is 340 g/mol. The van der Waals surface area contributed by atoms with Crippen molar-refractivity contribution in [3.63, 3.8) is 0 Å². The molecule has 2 aromatic carbocycles. The molecule has 0 aliphatic carbocycles. The van der Waals surface area contributed by atoms with Gasteiger partial charge in [0.25, 0.3) is 0 Å². The number of aryl methyl sites for hydroxylation is 1. The lowest BCUT2D eigenvalue weighted by molar-refractivity contribution is -0.130. The summed E-state index contributed by atoms with van der Waals surface area (Å²) in [5.41, 5.74) is 9.50. The van der Waals surface area contributed by atoms with Crippen molar-refractivity contribution in [2.45, 2.75) is 18.1 Å². The van der Waals surface area contributed by atoms with Gasteiger partial charge in [-0.05, 0) is 35.3 Å². The number of fused-ring (bicyclic) bond motifs is 1. The first-order chi connectivity index (χ1) is 11.8. The van der Waals surface area contributed by atoms with Crippen molar-refractivity contribution in [1.82, 2.24) is 4.90 Å². The minimum atomic E-state index is -0.0859. The Hall–Kier alpha value is -1.78. The van der Waals surface area contributed by atoms with Gasteiger partial charge < -0.3 is 10.6 Å². The molecule has 2 aromatic rings. The summed E-state index contributed by atoms with van der Waals surface area (Å²) in [4.78, 5) is 15.1. The van der Waals surface area contributed by atoms with E-state index in [2.05, 4.69) is 30.3 Å². The van der Waals surface area contributed by atoms with Crippen LogP contribution in [-0.4, -0.2) is 36.2 Å². The predicted molar refractivity (Wildman–Crippen MR) is 101 cm³/mol. The maximum absolute atomic E-state index is 13.1. The van der Waals surface area contributed by atoms with Crippen molar-refractivity contribution >= 4 is 17.7 Å². The molecule has 1 heterocycles. The Morgan fingerprint density at radius 2 is 1.83 bits per heavy atom. The molecule has 0 saturated carbocycles. The summed E-state index contributed by atoms with van der Waals surface area (Å²) < 4.78 is 0. The summed E-state index contributed by atoms with van der Waals surface area (Å²) in [5, 5.41) is -0.0859. The largest absolute Gasteiger partial charge is 0.340 e. The van der Waals surface area contributed by atoms with Crippen LogP contribution < -0.4 is 5.73 Å². The van der Waals surface area contributed by atoms with E-state index in [0.717, 1.165) is 25.1 Å². The predicted octanol–water partition coefficient (Wildman–Crippen LogP) is 3.05. The fourth-order valence-corrected chi connectivity index (χ4v) is 4.44. The van der Waals surface area contributed by atoms with E-state index in [1.165, 1.54) is 16.7 Å². The zero-order valence-electron chi connectivity index (χ0n) is 13.9. The number of benzene rings is 2. The molecule has 1 amide bonds. The van der Waals surface area contributed by atoms with Crippen molar-refractivity contribution in [2.24, 2.45) is 5.73 Å². The summed E-state index contributed by atoms with van der Waals surface area (Å²) in [6, 6.07) is 18.6. The molecule has 3 nitrogen and oxygen atoms in total. The first kappa shape index (κ1) is 17.1. The van der Waals surface area contributed by atoms with Gasteiger partial charge in [-0.3, -0.25) is 4.79 Å². The monoisotopic (exact) mass is 340 g/mol. The highest BCUT2D eigenvalue weighted by Gasteiger charge is 2.30. The van der Waals surface area contributed by atoms with E-state index in [0.29, 0.717) is 13.1 Å². The molecular formula is C20H24N2OS. The molecule has 2 N–H and O–H groups in total. The SMILES string of the molecule is NCCN(CCc1ccccc1)C(=O)C1SCCc2ccccc21. The fourth-order valence-electron chi connectivity index (χ4n) is 3.16. The summed E-state index contributed by atoms with van der Waals surface area (Å²) >= 11 is 1.76. The van der Waals surface area contributed by atoms with Crippen LogP contribution in [0.4, 0.5) is 0 Å². The Balaban J connectivity index is 1.73. The third kappa shape index (κ3) is 4.00. The molecule has 126 valence electrons. The zero-order chi connectivity index (χ0) is 16.8. The van der Waals surface area contributed by atoms with Crippen LogP contribution in [0.5, 0.6) is 0 Å². The Morgan fingerprint density at radius 3 is 2.62 bits per heavy atom. The highest BCUT2D eigenvalue weighted by Crippen LogP contribution is 2.37. The van der Waals surface area contributed by atoms with Gasteiger partial charge in [0.15, 0.2) is 0 Å². The molecule has 1 aliphatic heterocycles. The standard InChI is InChI=1S/C20H24N2OS/c21-12-14-22(13-10-16-6-2-1-3-7-16)20(23)19-18-9-5-4-8-17(18)11-15-24-19/h1-9,19H,10-15,21H2. The first-order valence-electron chi connectivity index (χ1n) is 8.52. The number of rotatable bonds is 6. The van der Waals surface area contributed by atoms with Gasteiger partial charge in [-0.2, -0.15) is 0 Å². The highest BCUT2D eigenvalue weighted by atomic mass is 32.2. The smallest absolute Gasteiger partial charge is 0.240 e. The van der Waals surface area contributed by atoms with Crippen LogP contribution in [0.2, 0.25) is 0 Å². The molecule has 0 fully saturated rings. The van der Waals surface area contributed by atoms with Crippen LogP contribution in [0, 0.1) is 0 Å². The van der Waals surface area contributed by atoms with Crippen LogP contribution in [-0.2, 0) is 17.6 Å². The number of nitrogens with zero attached hydrogens (tertiary/aromatic N) is 1. The number of carbonyl (C=O) groups is 1. The van der Waals surface area contributed by atoms with E-state index in [1.807, 2.05) is 29.2 Å². The maximum Gasteiger partial charge on any atom is 0.240 e. The molecule has 4 heteroatoms. The number of hydrogen-bond donors (Lipinski definition) is 1. The van der Waals surface area contributed by atoms with Crippen LogP contribution in [0.25, 0.3) is 0 Å². The molecule has 0 bridgehead atoms. The second kappa shape index (κ2) is 8.36. The lowest BCUT2D eigenvalue weighted by Crippen LogP contribution is -2.40. The second-order valence-electron chi connectivity index (χ2n) is 6.05. The van der Waals surface area contributed by atoms with Crippen LogP contribution in [0.3, 0.4) is 0 Å². The Labute approximate surface area is 148 Å². The average Bonchev–Trinajstić information content (AvgIpc) is 2.65. The molecule has 0 saturated heterocycles. The number of hydrogen-bond acceptors (Lipinski definition) is 3. The number of thioether (sulfide) groups is 1. The zero-order valence-corrected chi connectivity index (χ0v) is 14.7. The molecule has 1 atom stereocenters. The van der Waals surface area contributed by atoms with E-state index in [1.54, 1.807) is 11.8 Å². The van der Waals surface area contributed by atoms with Gasteiger partial charge in [0, 0.05) is 19.6 Å². The normalized spacial score (nSPS) is 16.5. The minimum absolute atomic E-state index is 0.0859. The summed E-state index contributed by atoms with van der Waals surface area (Å²) in [5.74, 6) is 1.20. The summed E-state index contributed by atoms with van der Waals surface area (Å²) in [6.45, 7) is 1.84. The van der Waals surface area contributed by atoms with Gasteiger partial charge in [0.1, 0.15) is 5.25 Å². The summed E-state index contributed by atoms with van der Waals surface area (Å²) in [7, 11) is 0. The molecule has 1 aliphatic rings. The molecule has 0 radical (unpaired) electrons. The topological polar surface area (TPSA) is 46.3 Å². The van der Waals surface area contributed by atoms with Crippen molar-refractivity contribution in [3.05, 3.63) is 71.3 Å². The second-order valence-corrected chi connectivity index (χ2v) is 7.26. The maximum atomic E-state index is 13.1. The molecule has 24 heavy (non-hydrogen) atoms. The molecular weight excluding hydrogens is 316 g/mol. The Morgan fingerprint density at radius 1 is 1.08 bits per heavy atom. The van der Waals surface area contributed by atoms with Crippen molar-refractivity contribution in [3.8, 4) is 0 Å². The van der Waals surface area contributed by atoms with Gasteiger partial charge >= 0.3 is 0 Å². The van der Waals surface area contributed by atoms with Gasteiger partial charge in [-0.15, -0.1) is 11.8 Å². The van der Waals surface area contributed by atoms with Crippen LogP contribution in [0.1, 0.15) is 21.9 Å². The summed E-state index contributed by atoms with van der Waals surface area (Å²) in [6.07, 6.45) is 1.91. The Kier molecular flexibility index (Phi) is 5.94. The third-order valence-electron chi connectivity index (χ3n) is 4.44. The van der Waals surface area contributed by atoms with Crippen molar-refractivity contribution in [2.75, 3.05) is 25.4 Å². The van der Waals surface area contributed by atoms with Gasteiger partial charge in [0.2, 0.25) is 5.91 Å². The number of nitrogens with two attached hydrogens (primary N) is 1. The minimum Gasteiger partial charge on any atom is -0.340 e. The third-order valence-corrected chi connectivity index (χ3v) is 5.67. The van der Waals surface area contributed by atoms with E-state index in [4.69, 9.17) is 5.73 Å². The van der Waals surface area contributed by atoms with Gasteiger partial charge in [-0.25, -0.2) is 0 Å². The van der Waals surface area contributed by atoms with Crippen LogP contribution in [0.15, 0.2) is 54.6 Å². The van der Waals surface area contributed by atoms with Gasteiger partial charge in [-0.1, -0.05) is 54.6 Å². The van der Waals surface area contributed by atoms with Crippen molar-refractivity contribution in [1.29, 1.82) is 0 Å².